The van der Waals surface area contributed by atoms with Gasteiger partial charge in [-0.15, -0.1) is 11.3 Å². The van der Waals surface area contributed by atoms with Crippen molar-refractivity contribution in [2.24, 2.45) is 0 Å². The molecule has 1 fully saturated rings. The number of alkyl carbamates (subject to hydrolysis) is 1. The Morgan fingerprint density at radius 1 is 1.18 bits per heavy atom. The largest absolute Gasteiger partial charge is 0.445 e. The molecule has 1 aliphatic heterocycles. The van der Waals surface area contributed by atoms with E-state index < -0.39 is 58.6 Å². The van der Waals surface area contributed by atoms with Crippen molar-refractivity contribution in [3.8, 4) is 10.4 Å². The van der Waals surface area contributed by atoms with E-state index in [1.54, 1.807) is 47.2 Å². The van der Waals surface area contributed by atoms with Crippen molar-refractivity contribution in [2.75, 3.05) is 39.1 Å². The number of nitrogens with zero attached hydrogens (tertiary/aromatic N) is 3. The summed E-state index contributed by atoms with van der Waals surface area (Å²) in [7, 11) is 1.63. The number of benzene rings is 1. The highest BCUT2D eigenvalue weighted by molar-refractivity contribution is 8.00. The van der Waals surface area contributed by atoms with Crippen LogP contribution in [0.25, 0.3) is 10.4 Å². The summed E-state index contributed by atoms with van der Waals surface area (Å²) in [6.45, 7) is 14.2. The Labute approximate surface area is 302 Å². The molecule has 0 unspecified atom stereocenters. The van der Waals surface area contributed by atoms with Crippen molar-refractivity contribution in [3.63, 3.8) is 0 Å². The number of thioether (sulfide) groups is 1. The Hall–Kier alpha value is -3.66. The van der Waals surface area contributed by atoms with Crippen molar-refractivity contribution < 1.29 is 38.9 Å². The van der Waals surface area contributed by atoms with Gasteiger partial charge in [-0.25, -0.2) is 14.6 Å². The lowest BCUT2D eigenvalue weighted by molar-refractivity contribution is -0.141. The molecule has 2 heterocycles. The average molecular weight is 734 g/mol. The molecular formula is C35H51N5O8S2. The van der Waals surface area contributed by atoms with Crippen LogP contribution in [0.5, 0.6) is 0 Å². The van der Waals surface area contributed by atoms with Crippen LogP contribution in [0.3, 0.4) is 0 Å². The number of amides is 4. The Bertz CT molecular complexity index is 1480. The van der Waals surface area contributed by atoms with Gasteiger partial charge in [0.15, 0.2) is 0 Å². The van der Waals surface area contributed by atoms with Gasteiger partial charge in [0, 0.05) is 31.3 Å². The molecule has 1 saturated heterocycles. The molecule has 276 valence electrons. The molecule has 0 aliphatic carbocycles. The second kappa shape index (κ2) is 18.0. The number of aliphatic hydroxyl groups is 2. The predicted molar refractivity (Wildman–Crippen MR) is 195 cm³/mol. The molecule has 15 heteroatoms. The first-order valence-electron chi connectivity index (χ1n) is 16.5. The maximum Gasteiger partial charge on any atom is 0.409 e. The maximum absolute atomic E-state index is 14.3. The molecule has 50 heavy (non-hydrogen) atoms. The molecule has 1 aromatic heterocycles. The van der Waals surface area contributed by atoms with Crippen LogP contribution in [0.15, 0.2) is 42.4 Å². The maximum atomic E-state index is 14.3. The third-order valence-corrected chi connectivity index (χ3v) is 10.5. The SMILES string of the molecule is C=CCOC(=O)N(C)CCCSC(C)(C)[C@H](NC(=O)OC(C)(C)C)C(=O)N1C[C@H](O)C[C@H]1C(=O)N[C@@H](CO)c1ccc(-c2scnc2C)cc1. The standard InChI is InChI=1S/C35H51N5O8S2/c1-9-16-47-33(46)39(8)15-10-17-50-35(6,7)29(38-32(45)48-34(3,4)5)31(44)40-19-25(42)18-27(40)30(43)37-26(20-41)23-11-13-24(14-12-23)28-22(2)36-21-49-28/h9,11-14,21,25-27,29,41-42H,1,10,15-20H2,2-8H3,(H,37,43)(H,38,45)/t25-,26+,27+,29-/m1/s1. The zero-order chi connectivity index (χ0) is 37.2. The fourth-order valence-electron chi connectivity index (χ4n) is 5.43. The van der Waals surface area contributed by atoms with Crippen LogP contribution in [0, 0.1) is 6.92 Å². The summed E-state index contributed by atoms with van der Waals surface area (Å²) >= 11 is 2.94. The minimum Gasteiger partial charge on any atom is -0.445 e. The number of rotatable bonds is 15. The first-order chi connectivity index (χ1) is 23.5. The van der Waals surface area contributed by atoms with Gasteiger partial charge in [0.1, 0.15) is 24.3 Å². The van der Waals surface area contributed by atoms with Gasteiger partial charge in [-0.1, -0.05) is 36.9 Å². The Morgan fingerprint density at radius 3 is 2.44 bits per heavy atom. The minimum atomic E-state index is -1.14. The first-order valence-corrected chi connectivity index (χ1v) is 18.4. The van der Waals surface area contributed by atoms with E-state index in [2.05, 4.69) is 22.2 Å². The van der Waals surface area contributed by atoms with Gasteiger partial charge in [0.2, 0.25) is 11.8 Å². The monoisotopic (exact) mass is 733 g/mol. The van der Waals surface area contributed by atoms with Crippen LogP contribution in [0.1, 0.15) is 64.8 Å². The molecule has 13 nitrogen and oxygen atoms in total. The molecule has 3 rings (SSSR count). The summed E-state index contributed by atoms with van der Waals surface area (Å²) in [4.78, 5) is 61.2. The van der Waals surface area contributed by atoms with Crippen LogP contribution in [-0.2, 0) is 19.1 Å². The first kappa shape index (κ1) is 40.8. The number of carbonyl (C=O) groups excluding carboxylic acids is 4. The van der Waals surface area contributed by atoms with Crippen molar-refractivity contribution in [1.82, 2.24) is 25.4 Å². The number of ether oxygens (including phenoxy) is 2. The van der Waals surface area contributed by atoms with E-state index in [1.165, 1.54) is 39.0 Å². The summed E-state index contributed by atoms with van der Waals surface area (Å²) in [6.07, 6.45) is -0.202. The number of thiazole rings is 1. The Kier molecular flexibility index (Phi) is 14.7. The van der Waals surface area contributed by atoms with Gasteiger partial charge in [-0.3, -0.25) is 9.59 Å². The zero-order valence-electron chi connectivity index (χ0n) is 29.9. The Morgan fingerprint density at radius 2 is 1.86 bits per heavy atom. The van der Waals surface area contributed by atoms with Crippen molar-refractivity contribution in [1.29, 1.82) is 0 Å². The van der Waals surface area contributed by atoms with Crippen LogP contribution in [0.2, 0.25) is 0 Å². The van der Waals surface area contributed by atoms with Crippen molar-refractivity contribution in [2.45, 2.75) is 89.0 Å². The number of aromatic nitrogens is 1. The smallest absolute Gasteiger partial charge is 0.409 e. The van der Waals surface area contributed by atoms with E-state index in [-0.39, 0.29) is 26.2 Å². The molecule has 1 aliphatic rings. The third kappa shape index (κ3) is 11.4. The Balaban J connectivity index is 1.76. The van der Waals surface area contributed by atoms with E-state index in [9.17, 15) is 29.4 Å². The number of carbonyl (C=O) groups is 4. The van der Waals surface area contributed by atoms with E-state index >= 15 is 0 Å². The van der Waals surface area contributed by atoms with Gasteiger partial charge in [-0.05, 0) is 64.8 Å². The molecule has 0 radical (unpaired) electrons. The molecular weight excluding hydrogens is 683 g/mol. The summed E-state index contributed by atoms with van der Waals surface area (Å²) < 4.78 is 9.64. The number of nitrogens with one attached hydrogen (secondary N) is 2. The van der Waals surface area contributed by atoms with E-state index in [0.29, 0.717) is 24.3 Å². The average Bonchev–Trinajstić information content (AvgIpc) is 3.67. The quantitative estimate of drug-likeness (QED) is 0.153. The summed E-state index contributed by atoms with van der Waals surface area (Å²) in [5.74, 6) is -0.568. The summed E-state index contributed by atoms with van der Waals surface area (Å²) in [5.41, 5.74) is 3.49. The van der Waals surface area contributed by atoms with Gasteiger partial charge in [-0.2, -0.15) is 11.8 Å². The van der Waals surface area contributed by atoms with Crippen LogP contribution < -0.4 is 10.6 Å². The number of β-amino-alcohol motifs (C(OH)–C–C–N with tert-alkyl or cyclic N) is 1. The van der Waals surface area contributed by atoms with Crippen LogP contribution in [0.4, 0.5) is 9.59 Å². The lowest BCUT2D eigenvalue weighted by Gasteiger charge is -2.37. The molecule has 0 spiro atoms. The normalized spacial score (nSPS) is 17.4. The number of aliphatic hydroxyl groups excluding tert-OH is 2. The molecule has 0 saturated carbocycles. The minimum absolute atomic E-state index is 0.0136. The van der Waals surface area contributed by atoms with Gasteiger partial charge < -0.3 is 40.1 Å². The van der Waals surface area contributed by atoms with E-state index in [0.717, 1.165) is 16.1 Å². The number of hydrogen-bond acceptors (Lipinski definition) is 11. The second-order valence-electron chi connectivity index (χ2n) is 13.7. The van der Waals surface area contributed by atoms with E-state index in [1.807, 2.05) is 31.2 Å². The third-order valence-electron chi connectivity index (χ3n) is 8.04. The van der Waals surface area contributed by atoms with Crippen molar-refractivity contribution in [3.05, 3.63) is 53.7 Å². The van der Waals surface area contributed by atoms with Crippen LogP contribution in [-0.4, -0.2) is 117 Å². The molecule has 4 N–H and O–H groups in total. The van der Waals surface area contributed by atoms with Crippen LogP contribution >= 0.6 is 23.1 Å². The molecule has 4 amide bonds. The molecule has 4 atom stereocenters. The predicted octanol–water partition coefficient (Wildman–Crippen LogP) is 4.28. The second-order valence-corrected chi connectivity index (χ2v) is 16.3. The number of hydrogen-bond donors (Lipinski definition) is 4. The van der Waals surface area contributed by atoms with Gasteiger partial charge >= 0.3 is 12.2 Å². The fourth-order valence-corrected chi connectivity index (χ4v) is 7.37. The molecule has 0 bridgehead atoms. The lowest BCUT2D eigenvalue weighted by Crippen LogP contribution is -2.60. The molecule has 2 aromatic rings. The highest BCUT2D eigenvalue weighted by Gasteiger charge is 2.46. The van der Waals surface area contributed by atoms with Gasteiger partial charge in [0.05, 0.1) is 34.8 Å². The van der Waals surface area contributed by atoms with Crippen molar-refractivity contribution >= 4 is 47.1 Å². The highest BCUT2D eigenvalue weighted by Crippen LogP contribution is 2.33. The lowest BCUT2D eigenvalue weighted by atomic mass is 10.0. The highest BCUT2D eigenvalue weighted by atomic mass is 32.2. The zero-order valence-corrected chi connectivity index (χ0v) is 31.6. The number of likely N-dealkylation sites (tertiary alicyclic amines) is 1. The van der Waals surface area contributed by atoms with E-state index in [4.69, 9.17) is 9.47 Å². The number of aryl methyl sites for hydroxylation is 1. The van der Waals surface area contributed by atoms with Gasteiger partial charge in [0.25, 0.3) is 0 Å². The topological polar surface area (TPSA) is 171 Å². The summed E-state index contributed by atoms with van der Waals surface area (Å²) in [5, 5.41) is 26.5. The fraction of sp³-hybridized carbons (Fsp3) is 0.571. The summed E-state index contributed by atoms with van der Waals surface area (Å²) in [6, 6.07) is 4.50. The molecule has 1 aromatic carbocycles.